The van der Waals surface area contributed by atoms with Gasteiger partial charge in [0.15, 0.2) is 6.61 Å². The van der Waals surface area contributed by atoms with Gasteiger partial charge in [-0.2, -0.15) is 0 Å². The molecule has 0 radical (unpaired) electrons. The minimum absolute atomic E-state index is 0.0458. The van der Waals surface area contributed by atoms with Crippen molar-refractivity contribution in [3.63, 3.8) is 0 Å². The molecule has 0 unspecified atom stereocenters. The monoisotopic (exact) mass is 323 g/mol. The Hall–Kier alpha value is -2.59. The highest BCUT2D eigenvalue weighted by Crippen LogP contribution is 2.26. The van der Waals surface area contributed by atoms with Crippen molar-refractivity contribution in [2.45, 2.75) is 26.9 Å². The van der Waals surface area contributed by atoms with Crippen LogP contribution in [0.2, 0.25) is 0 Å². The molecule has 0 amide bonds. The molecule has 4 heteroatoms. The van der Waals surface area contributed by atoms with E-state index >= 15 is 0 Å². The molecule has 0 aliphatic heterocycles. The number of carbonyl (C=O) groups is 1. The van der Waals surface area contributed by atoms with E-state index in [1.807, 2.05) is 55.5 Å². The Labute approximate surface area is 141 Å². The van der Waals surface area contributed by atoms with E-state index in [1.54, 1.807) is 4.57 Å². The van der Waals surface area contributed by atoms with Gasteiger partial charge in [-0.3, -0.25) is 9.36 Å². The number of hydrogen-bond acceptors (Lipinski definition) is 3. The number of ether oxygens (including phenoxy) is 1. The quantitative estimate of drug-likeness (QED) is 0.778. The van der Waals surface area contributed by atoms with Crippen LogP contribution in [0, 0.1) is 6.92 Å². The number of carbonyl (C=O) groups excluding carboxylic acids is 1. The Bertz CT molecular complexity index is 862. The number of benzene rings is 2. The third-order valence-electron chi connectivity index (χ3n) is 4.34. The van der Waals surface area contributed by atoms with Crippen molar-refractivity contribution in [1.82, 2.24) is 4.57 Å². The minimum atomic E-state index is -0.150. The van der Waals surface area contributed by atoms with Crippen molar-refractivity contribution >= 4 is 16.8 Å². The van der Waals surface area contributed by atoms with Gasteiger partial charge in [0.1, 0.15) is 5.75 Å². The summed E-state index contributed by atoms with van der Waals surface area (Å²) in [6.07, 6.45) is 0.970. The lowest BCUT2D eigenvalue weighted by Crippen LogP contribution is -2.20. The largest absolute Gasteiger partial charge is 0.484 e. The van der Waals surface area contributed by atoms with E-state index in [2.05, 4.69) is 6.92 Å². The summed E-state index contributed by atoms with van der Waals surface area (Å²) < 4.78 is 7.26. The summed E-state index contributed by atoms with van der Waals surface area (Å²) in [6.45, 7) is 3.80. The first kappa shape index (κ1) is 16.3. The average Bonchev–Trinajstić information content (AvgIpc) is 2.91. The zero-order valence-electron chi connectivity index (χ0n) is 14.0. The topological polar surface area (TPSA) is 51.5 Å². The second-order valence-corrected chi connectivity index (χ2v) is 5.75. The minimum Gasteiger partial charge on any atom is -0.484 e. The number of aromatic nitrogens is 1. The van der Waals surface area contributed by atoms with Gasteiger partial charge in [0.25, 0.3) is 5.91 Å². The summed E-state index contributed by atoms with van der Waals surface area (Å²) in [5, 5.41) is 10.5. The molecule has 124 valence electrons. The Morgan fingerprint density at radius 1 is 1.12 bits per heavy atom. The Balaban J connectivity index is 1.84. The molecule has 0 saturated carbocycles. The number of aliphatic hydroxyl groups excluding tert-OH is 1. The summed E-state index contributed by atoms with van der Waals surface area (Å²) in [5.74, 6) is 0.528. The fraction of sp³-hybridized carbons (Fsp3) is 0.250. The molecule has 1 aromatic heterocycles. The van der Waals surface area contributed by atoms with E-state index in [-0.39, 0.29) is 19.1 Å². The van der Waals surface area contributed by atoms with Gasteiger partial charge in [-0.15, -0.1) is 0 Å². The van der Waals surface area contributed by atoms with Crippen LogP contribution in [0.1, 0.15) is 28.5 Å². The van der Waals surface area contributed by atoms with Gasteiger partial charge in [-0.1, -0.05) is 37.3 Å². The van der Waals surface area contributed by atoms with E-state index in [0.29, 0.717) is 5.75 Å². The second kappa shape index (κ2) is 6.89. The van der Waals surface area contributed by atoms with Crippen molar-refractivity contribution in [3.8, 4) is 5.75 Å². The molecule has 1 N–H and O–H groups in total. The van der Waals surface area contributed by atoms with Crippen molar-refractivity contribution < 1.29 is 14.6 Å². The molecule has 4 nitrogen and oxygen atoms in total. The van der Waals surface area contributed by atoms with Crippen LogP contribution in [0.4, 0.5) is 0 Å². The first-order valence-electron chi connectivity index (χ1n) is 8.10. The van der Waals surface area contributed by atoms with E-state index < -0.39 is 0 Å². The average molecular weight is 323 g/mol. The molecular weight excluding hydrogens is 302 g/mol. The Kier molecular flexibility index (Phi) is 4.67. The number of aliphatic hydroxyl groups is 1. The molecule has 0 spiro atoms. The first-order valence-corrected chi connectivity index (χ1v) is 8.10. The maximum atomic E-state index is 12.7. The van der Waals surface area contributed by atoms with E-state index in [4.69, 9.17) is 4.74 Å². The standard InChI is InChI=1S/C20H21NO3/c1-3-15-8-10-16(11-9-15)24-13-20(23)21-14(2)18(12-22)17-6-4-5-7-19(17)21/h4-11,22H,3,12-13H2,1-2H3. The molecule has 0 fully saturated rings. The van der Waals surface area contributed by atoms with Crippen LogP contribution in [-0.2, 0) is 13.0 Å². The van der Waals surface area contributed by atoms with Gasteiger partial charge in [-0.25, -0.2) is 0 Å². The second-order valence-electron chi connectivity index (χ2n) is 5.75. The highest BCUT2D eigenvalue weighted by molar-refractivity contribution is 5.96. The van der Waals surface area contributed by atoms with Gasteiger partial charge in [-0.05, 0) is 37.1 Å². The molecule has 0 saturated heterocycles. The molecular formula is C20H21NO3. The highest BCUT2D eigenvalue weighted by atomic mass is 16.5. The summed E-state index contributed by atoms with van der Waals surface area (Å²) in [4.78, 5) is 12.7. The third-order valence-corrected chi connectivity index (χ3v) is 4.34. The SMILES string of the molecule is CCc1ccc(OCC(=O)n2c(C)c(CO)c3ccccc32)cc1. The van der Waals surface area contributed by atoms with Crippen LogP contribution in [0.25, 0.3) is 10.9 Å². The van der Waals surface area contributed by atoms with Crippen LogP contribution in [-0.4, -0.2) is 22.2 Å². The van der Waals surface area contributed by atoms with Crippen LogP contribution in [0.15, 0.2) is 48.5 Å². The van der Waals surface area contributed by atoms with Crippen molar-refractivity contribution in [3.05, 3.63) is 65.4 Å². The van der Waals surface area contributed by atoms with Gasteiger partial charge in [0.2, 0.25) is 0 Å². The Morgan fingerprint density at radius 2 is 1.83 bits per heavy atom. The molecule has 3 rings (SSSR count). The zero-order valence-corrected chi connectivity index (χ0v) is 14.0. The van der Waals surface area contributed by atoms with Gasteiger partial charge < -0.3 is 9.84 Å². The van der Waals surface area contributed by atoms with Crippen LogP contribution in [0.5, 0.6) is 5.75 Å². The summed E-state index contributed by atoms with van der Waals surface area (Å²) in [6, 6.07) is 15.4. The van der Waals surface area contributed by atoms with Crippen molar-refractivity contribution in [2.75, 3.05) is 6.61 Å². The summed E-state index contributed by atoms with van der Waals surface area (Å²) in [5.41, 5.74) is 3.57. The molecule has 0 atom stereocenters. The van der Waals surface area contributed by atoms with Crippen LogP contribution >= 0.6 is 0 Å². The van der Waals surface area contributed by atoms with E-state index in [9.17, 15) is 9.90 Å². The fourth-order valence-electron chi connectivity index (χ4n) is 2.99. The van der Waals surface area contributed by atoms with Gasteiger partial charge in [0, 0.05) is 16.6 Å². The maximum Gasteiger partial charge on any atom is 0.269 e. The molecule has 3 aromatic rings. The molecule has 0 bridgehead atoms. The predicted octanol–water partition coefficient (Wildman–Crippen LogP) is 3.72. The highest BCUT2D eigenvalue weighted by Gasteiger charge is 2.18. The van der Waals surface area contributed by atoms with E-state index in [1.165, 1.54) is 5.56 Å². The van der Waals surface area contributed by atoms with Crippen LogP contribution < -0.4 is 4.74 Å². The summed E-state index contributed by atoms with van der Waals surface area (Å²) in [7, 11) is 0. The fourth-order valence-corrected chi connectivity index (χ4v) is 2.99. The normalized spacial score (nSPS) is 11.0. The van der Waals surface area contributed by atoms with Gasteiger partial charge in [0.05, 0.1) is 12.1 Å². The molecule has 0 aliphatic rings. The third kappa shape index (κ3) is 2.93. The summed E-state index contributed by atoms with van der Waals surface area (Å²) >= 11 is 0. The number of para-hydroxylation sites is 1. The van der Waals surface area contributed by atoms with Gasteiger partial charge >= 0.3 is 0 Å². The molecule has 24 heavy (non-hydrogen) atoms. The van der Waals surface area contributed by atoms with Crippen LogP contribution in [0.3, 0.4) is 0 Å². The number of rotatable bonds is 5. The molecule has 2 aromatic carbocycles. The molecule has 0 aliphatic carbocycles. The van der Waals surface area contributed by atoms with E-state index in [0.717, 1.165) is 28.6 Å². The predicted molar refractivity (Wildman–Crippen MR) is 94.5 cm³/mol. The lowest BCUT2D eigenvalue weighted by molar-refractivity contribution is 0.0840. The molecule has 1 heterocycles. The zero-order chi connectivity index (χ0) is 17.1. The lowest BCUT2D eigenvalue weighted by Gasteiger charge is -2.09. The van der Waals surface area contributed by atoms with Crippen molar-refractivity contribution in [2.24, 2.45) is 0 Å². The number of nitrogens with zero attached hydrogens (tertiary/aromatic N) is 1. The smallest absolute Gasteiger partial charge is 0.269 e. The first-order chi connectivity index (χ1) is 11.7. The maximum absolute atomic E-state index is 12.7. The number of aryl methyl sites for hydroxylation is 1. The number of hydrogen-bond donors (Lipinski definition) is 1. The Morgan fingerprint density at radius 3 is 2.50 bits per heavy atom. The lowest BCUT2D eigenvalue weighted by atomic mass is 10.1. The van der Waals surface area contributed by atoms with Crippen molar-refractivity contribution in [1.29, 1.82) is 0 Å². The number of fused-ring (bicyclic) bond motifs is 1.